The van der Waals surface area contributed by atoms with Crippen LogP contribution in [0.4, 0.5) is 5.82 Å². The lowest BCUT2D eigenvalue weighted by Gasteiger charge is -2.16. The van der Waals surface area contributed by atoms with Gasteiger partial charge in [0.1, 0.15) is 11.6 Å². The monoisotopic (exact) mass is 296 g/mol. The van der Waals surface area contributed by atoms with Crippen molar-refractivity contribution in [3.8, 4) is 0 Å². The Morgan fingerprint density at radius 1 is 1.14 bits per heavy atom. The lowest BCUT2D eigenvalue weighted by Crippen LogP contribution is -2.26. The molecule has 0 bridgehead atoms. The fourth-order valence-corrected chi connectivity index (χ4v) is 2.94. The Morgan fingerprint density at radius 2 is 2.09 bits per heavy atom. The molecule has 1 saturated heterocycles. The number of anilines is 1. The minimum Gasteiger partial charge on any atom is -0.366 e. The average Bonchev–Trinajstić information content (AvgIpc) is 3.31. The molecule has 2 aromatic rings. The summed E-state index contributed by atoms with van der Waals surface area (Å²) in [6, 6.07) is 2.41. The Bertz CT molecular complexity index is 628. The molecule has 0 aromatic carbocycles. The molecule has 114 valence electrons. The Hall–Kier alpha value is -2.08. The van der Waals surface area contributed by atoms with Crippen molar-refractivity contribution in [3.05, 3.63) is 42.4 Å². The predicted molar refractivity (Wildman–Crippen MR) is 83.3 cm³/mol. The third-order valence-corrected chi connectivity index (χ3v) is 4.24. The van der Waals surface area contributed by atoms with Crippen molar-refractivity contribution in [3.63, 3.8) is 0 Å². The molecule has 0 spiro atoms. The fourth-order valence-electron chi connectivity index (χ4n) is 2.94. The molecule has 6 nitrogen and oxygen atoms in total. The highest BCUT2D eigenvalue weighted by Gasteiger charge is 2.27. The highest BCUT2D eigenvalue weighted by molar-refractivity contribution is 5.35. The molecular weight excluding hydrogens is 276 g/mol. The minimum atomic E-state index is 0.443. The zero-order chi connectivity index (χ0) is 14.8. The molecule has 1 unspecified atom stereocenters. The highest BCUT2D eigenvalue weighted by atomic mass is 15.2. The van der Waals surface area contributed by atoms with E-state index in [1.165, 1.54) is 12.8 Å². The van der Waals surface area contributed by atoms with Crippen molar-refractivity contribution in [2.75, 3.05) is 18.4 Å². The van der Waals surface area contributed by atoms with E-state index in [0.717, 1.165) is 43.4 Å². The van der Waals surface area contributed by atoms with Crippen molar-refractivity contribution in [1.29, 1.82) is 0 Å². The van der Waals surface area contributed by atoms with Gasteiger partial charge in [0, 0.05) is 56.4 Å². The van der Waals surface area contributed by atoms with E-state index in [1.54, 1.807) is 12.4 Å². The molecule has 1 atom stereocenters. The average molecular weight is 296 g/mol. The molecule has 0 radical (unpaired) electrons. The smallest absolute Gasteiger partial charge is 0.133 e. The third-order valence-electron chi connectivity index (χ3n) is 4.24. The second-order valence-electron chi connectivity index (χ2n) is 6.14. The molecule has 2 fully saturated rings. The van der Waals surface area contributed by atoms with E-state index in [2.05, 4.69) is 30.2 Å². The van der Waals surface area contributed by atoms with Crippen LogP contribution in [0.25, 0.3) is 0 Å². The van der Waals surface area contributed by atoms with Crippen molar-refractivity contribution in [2.45, 2.75) is 37.8 Å². The summed E-state index contributed by atoms with van der Waals surface area (Å²) in [6.45, 7) is 2.96. The Kier molecular flexibility index (Phi) is 3.68. The maximum atomic E-state index is 4.64. The van der Waals surface area contributed by atoms with Crippen LogP contribution in [0.15, 0.2) is 30.9 Å². The lowest BCUT2D eigenvalue weighted by molar-refractivity contribution is 0.324. The van der Waals surface area contributed by atoms with E-state index >= 15 is 0 Å². The molecule has 1 N–H and O–H groups in total. The van der Waals surface area contributed by atoms with Gasteiger partial charge in [-0.05, 0) is 25.3 Å². The molecule has 2 aromatic heterocycles. The van der Waals surface area contributed by atoms with Crippen LogP contribution >= 0.6 is 0 Å². The van der Waals surface area contributed by atoms with Gasteiger partial charge in [0.25, 0.3) is 0 Å². The maximum Gasteiger partial charge on any atom is 0.133 e. The molecular formula is C16H20N6. The molecule has 2 aliphatic rings. The lowest BCUT2D eigenvalue weighted by atomic mass is 10.2. The summed E-state index contributed by atoms with van der Waals surface area (Å²) in [4.78, 5) is 19.9. The van der Waals surface area contributed by atoms with Crippen molar-refractivity contribution in [2.24, 2.45) is 0 Å². The van der Waals surface area contributed by atoms with Gasteiger partial charge in [-0.1, -0.05) is 0 Å². The Morgan fingerprint density at radius 3 is 2.91 bits per heavy atom. The second-order valence-corrected chi connectivity index (χ2v) is 6.14. The fraction of sp³-hybridized carbons (Fsp3) is 0.500. The van der Waals surface area contributed by atoms with E-state index in [1.807, 2.05) is 18.5 Å². The van der Waals surface area contributed by atoms with Crippen LogP contribution in [0.1, 0.15) is 36.7 Å². The topological polar surface area (TPSA) is 66.8 Å². The summed E-state index contributed by atoms with van der Waals surface area (Å²) < 4.78 is 0. The maximum absolute atomic E-state index is 4.64. The van der Waals surface area contributed by atoms with Gasteiger partial charge in [0.05, 0.1) is 5.69 Å². The number of aromatic nitrogens is 4. The summed E-state index contributed by atoms with van der Waals surface area (Å²) >= 11 is 0. The predicted octanol–water partition coefficient (Wildman–Crippen LogP) is 1.83. The van der Waals surface area contributed by atoms with Crippen LogP contribution in [0.5, 0.6) is 0 Å². The van der Waals surface area contributed by atoms with Crippen molar-refractivity contribution in [1.82, 2.24) is 24.8 Å². The standard InChI is InChI=1S/C16H20N6/c1-2-12(1)16-19-5-3-15(21-16)20-13-4-8-22(10-13)11-14-9-17-6-7-18-14/h3,5-7,9,12-13H,1-2,4,8,10-11H2,(H,19,20,21). The minimum absolute atomic E-state index is 0.443. The van der Waals surface area contributed by atoms with Crippen LogP contribution in [0.2, 0.25) is 0 Å². The van der Waals surface area contributed by atoms with Gasteiger partial charge in [-0.15, -0.1) is 0 Å². The van der Waals surface area contributed by atoms with Gasteiger partial charge in [-0.3, -0.25) is 14.9 Å². The van der Waals surface area contributed by atoms with Crippen LogP contribution in [0, 0.1) is 0 Å². The molecule has 6 heteroatoms. The zero-order valence-corrected chi connectivity index (χ0v) is 12.5. The van der Waals surface area contributed by atoms with Crippen molar-refractivity contribution < 1.29 is 0 Å². The number of nitrogens with one attached hydrogen (secondary N) is 1. The zero-order valence-electron chi connectivity index (χ0n) is 12.5. The molecule has 1 aliphatic heterocycles. The number of hydrogen-bond acceptors (Lipinski definition) is 6. The van der Waals surface area contributed by atoms with Crippen LogP contribution in [0.3, 0.4) is 0 Å². The Labute approximate surface area is 130 Å². The summed E-state index contributed by atoms with van der Waals surface area (Å²) in [6.07, 6.45) is 10.8. The highest BCUT2D eigenvalue weighted by Crippen LogP contribution is 2.38. The molecule has 4 rings (SSSR count). The summed E-state index contributed by atoms with van der Waals surface area (Å²) in [5, 5.41) is 3.55. The van der Waals surface area contributed by atoms with Gasteiger partial charge in [0.15, 0.2) is 0 Å². The molecule has 3 heterocycles. The van der Waals surface area contributed by atoms with Crippen LogP contribution in [-0.2, 0) is 6.54 Å². The first-order valence-electron chi connectivity index (χ1n) is 7.93. The van der Waals surface area contributed by atoms with E-state index < -0.39 is 0 Å². The summed E-state index contributed by atoms with van der Waals surface area (Å²) in [7, 11) is 0. The van der Waals surface area contributed by atoms with Gasteiger partial charge in [0.2, 0.25) is 0 Å². The van der Waals surface area contributed by atoms with E-state index in [4.69, 9.17) is 0 Å². The summed E-state index contributed by atoms with van der Waals surface area (Å²) in [5.74, 6) is 2.56. The first-order valence-corrected chi connectivity index (χ1v) is 7.93. The van der Waals surface area contributed by atoms with Gasteiger partial charge < -0.3 is 5.32 Å². The van der Waals surface area contributed by atoms with Gasteiger partial charge in [-0.2, -0.15) is 0 Å². The number of nitrogens with zero attached hydrogens (tertiary/aromatic N) is 5. The van der Waals surface area contributed by atoms with E-state index in [0.29, 0.717) is 12.0 Å². The number of hydrogen-bond donors (Lipinski definition) is 1. The molecule has 0 amide bonds. The first-order chi connectivity index (χ1) is 10.9. The number of likely N-dealkylation sites (tertiary alicyclic amines) is 1. The first kappa shape index (κ1) is 13.6. The second kappa shape index (κ2) is 5.96. The Balaban J connectivity index is 1.34. The SMILES string of the molecule is c1cnc(CN2CCC(Nc3ccnc(C4CC4)n3)C2)cn1. The third kappa shape index (κ3) is 3.22. The quantitative estimate of drug-likeness (QED) is 0.908. The van der Waals surface area contributed by atoms with E-state index in [9.17, 15) is 0 Å². The van der Waals surface area contributed by atoms with Gasteiger partial charge >= 0.3 is 0 Å². The van der Waals surface area contributed by atoms with Crippen LogP contribution < -0.4 is 5.32 Å². The van der Waals surface area contributed by atoms with Gasteiger partial charge in [-0.25, -0.2) is 9.97 Å². The summed E-state index contributed by atoms with van der Waals surface area (Å²) in [5.41, 5.74) is 1.03. The molecule has 1 aliphatic carbocycles. The van der Waals surface area contributed by atoms with E-state index in [-0.39, 0.29) is 0 Å². The molecule has 1 saturated carbocycles. The number of rotatable bonds is 5. The normalized spacial score (nSPS) is 21.9. The van der Waals surface area contributed by atoms with Crippen molar-refractivity contribution >= 4 is 5.82 Å². The van der Waals surface area contributed by atoms with Crippen LogP contribution in [-0.4, -0.2) is 44.0 Å². The molecule has 22 heavy (non-hydrogen) atoms. The largest absolute Gasteiger partial charge is 0.366 e.